The SMILES string of the molecule is Cc1cn([C@@H]2O[C@H](CO[Si](C)(C)C(C)(C)C)C3(OS(=O)(=O)C=C3N)[C@H]2O[Si](C)(C)C(C)(C)C)c(=O)n(CCCCCCCCn2c(=O)c(C)cn([C@H]3C[C@H](N=[N+]=[N-])[C@@H](CO)O3)c2=O)c1=O. The minimum atomic E-state index is -4.29. The lowest BCUT2D eigenvalue weighted by Crippen LogP contribution is -2.59. The van der Waals surface area contributed by atoms with E-state index >= 15 is 0 Å². The van der Waals surface area contributed by atoms with Gasteiger partial charge in [-0.05, 0) is 68.5 Å². The van der Waals surface area contributed by atoms with Crippen molar-refractivity contribution in [2.75, 3.05) is 13.2 Å². The molecule has 3 N–H and O–H groups in total. The number of hydrogen-bond acceptors (Lipinski definition) is 14. The van der Waals surface area contributed by atoms with Crippen LogP contribution >= 0.6 is 0 Å². The molecule has 3 aliphatic heterocycles. The predicted molar refractivity (Wildman–Crippen MR) is 250 cm³/mol. The Morgan fingerprint density at radius 3 is 1.85 bits per heavy atom. The van der Waals surface area contributed by atoms with Crippen LogP contribution in [-0.2, 0) is 45.7 Å². The summed E-state index contributed by atoms with van der Waals surface area (Å²) in [4.78, 5) is 57.3. The monoisotopic (exact) mass is 966 g/mol. The number of hydrogen-bond donors (Lipinski definition) is 2. The Morgan fingerprint density at radius 1 is 0.862 bits per heavy atom. The molecular formula is C42H70N8O12SSi2. The highest BCUT2D eigenvalue weighted by atomic mass is 32.2. The molecule has 2 aromatic heterocycles. The zero-order valence-corrected chi connectivity index (χ0v) is 42.8. The molecule has 2 aromatic rings. The summed E-state index contributed by atoms with van der Waals surface area (Å²) >= 11 is 0. The van der Waals surface area contributed by atoms with Crippen molar-refractivity contribution < 1.29 is 36.0 Å². The zero-order chi connectivity index (χ0) is 48.7. The van der Waals surface area contributed by atoms with Gasteiger partial charge in [0.2, 0.25) is 0 Å². The number of unbranched alkanes of at least 4 members (excludes halogenated alkanes) is 5. The molecule has 0 aromatic carbocycles. The average molecular weight is 967 g/mol. The second kappa shape index (κ2) is 19.5. The van der Waals surface area contributed by atoms with Gasteiger partial charge in [0.1, 0.15) is 18.4 Å². The number of aryl methyl sites for hydroxylation is 2. The van der Waals surface area contributed by atoms with Crippen LogP contribution in [0.2, 0.25) is 36.3 Å². The second-order valence-electron chi connectivity index (χ2n) is 20.7. The second-order valence-corrected chi connectivity index (χ2v) is 31.6. The van der Waals surface area contributed by atoms with Crippen LogP contribution in [0, 0.1) is 13.8 Å². The molecule has 7 atom stereocenters. The fourth-order valence-corrected chi connectivity index (χ4v) is 11.5. The van der Waals surface area contributed by atoms with E-state index in [4.69, 9.17) is 33.8 Å². The minimum Gasteiger partial charge on any atom is -0.414 e. The van der Waals surface area contributed by atoms with Crippen LogP contribution in [0.25, 0.3) is 10.4 Å². The van der Waals surface area contributed by atoms with E-state index in [0.29, 0.717) is 31.2 Å². The quantitative estimate of drug-likeness (QED) is 0.0489. The third-order valence-corrected chi connectivity index (χ3v) is 24.0. The Bertz CT molecular complexity index is 2520. The van der Waals surface area contributed by atoms with Gasteiger partial charge in [0, 0.05) is 47.9 Å². The van der Waals surface area contributed by atoms with Crippen LogP contribution < -0.4 is 28.2 Å². The molecule has 5 heterocycles. The van der Waals surface area contributed by atoms with Crippen LogP contribution in [0.5, 0.6) is 0 Å². The zero-order valence-electron chi connectivity index (χ0n) is 40.0. The van der Waals surface area contributed by atoms with Crippen LogP contribution in [0.4, 0.5) is 0 Å². The standard InChI is InChI=1S/C42H70N8O12SSi2/c1-27-22-49(33-21-29(45-46-44)30(24-51)59-33)38(54)47(35(27)52)19-17-15-13-14-16-18-20-48-36(53)28(2)23-50(39(48)55)37-34(61-65(11,12)41(6,7)8)42(31(43)26-63(56,57)62-42)32(60-37)25-58-64(9,10)40(3,4)5/h22-23,26,29-30,32-34,37,51H,13-21,24-25,43H2,1-12H3/t29-,30+,32+,33+,34-,37+,42?/m0/s1. The molecule has 20 nitrogen and oxygen atoms in total. The Kier molecular flexibility index (Phi) is 15.7. The number of nitrogens with two attached hydrogens (primary N) is 1. The molecule has 0 bridgehead atoms. The summed E-state index contributed by atoms with van der Waals surface area (Å²) < 4.78 is 63.5. The molecule has 0 saturated carbocycles. The Hall–Kier alpha value is -3.65. The van der Waals surface area contributed by atoms with Gasteiger partial charge in [-0.2, -0.15) is 8.42 Å². The molecule has 5 rings (SSSR count). The van der Waals surface area contributed by atoms with Crippen molar-refractivity contribution >= 4 is 26.8 Å². The highest BCUT2D eigenvalue weighted by Gasteiger charge is 2.67. The molecule has 2 fully saturated rings. The van der Waals surface area contributed by atoms with Gasteiger partial charge in [0.05, 0.1) is 36.5 Å². The molecule has 3 aliphatic rings. The Balaban J connectivity index is 1.32. The van der Waals surface area contributed by atoms with Gasteiger partial charge in [0.15, 0.2) is 28.5 Å². The topological polar surface area (TPSA) is 263 Å². The number of ether oxygens (including phenoxy) is 2. The van der Waals surface area contributed by atoms with E-state index in [1.54, 1.807) is 13.8 Å². The first-order valence-corrected chi connectivity index (χ1v) is 29.7. The van der Waals surface area contributed by atoms with Crippen molar-refractivity contribution in [2.45, 2.75) is 192 Å². The lowest BCUT2D eigenvalue weighted by Gasteiger charge is -2.43. The largest absolute Gasteiger partial charge is 0.414 e. The van der Waals surface area contributed by atoms with Gasteiger partial charge in [-0.15, -0.1) is 0 Å². The number of rotatable bonds is 18. The molecule has 1 unspecified atom stereocenters. The fourth-order valence-electron chi connectivity index (χ4n) is 8.00. The van der Waals surface area contributed by atoms with Crippen LogP contribution in [-0.4, -0.2) is 91.6 Å². The maximum absolute atomic E-state index is 14.5. The summed E-state index contributed by atoms with van der Waals surface area (Å²) in [6.45, 7) is 23.5. The molecule has 364 valence electrons. The van der Waals surface area contributed by atoms with Crippen molar-refractivity contribution in [3.63, 3.8) is 0 Å². The molecule has 2 saturated heterocycles. The van der Waals surface area contributed by atoms with Crippen molar-refractivity contribution in [1.29, 1.82) is 0 Å². The van der Waals surface area contributed by atoms with Gasteiger partial charge in [-0.25, -0.2) is 13.8 Å². The molecule has 1 spiro atoms. The molecule has 0 radical (unpaired) electrons. The van der Waals surface area contributed by atoms with Gasteiger partial charge in [0.25, 0.3) is 21.2 Å². The highest BCUT2D eigenvalue weighted by molar-refractivity contribution is 7.90. The summed E-state index contributed by atoms with van der Waals surface area (Å²) in [5.41, 5.74) is 12.1. The predicted octanol–water partition coefficient (Wildman–Crippen LogP) is 5.16. The fraction of sp³-hybridized carbons (Fsp3) is 0.762. The van der Waals surface area contributed by atoms with Gasteiger partial charge >= 0.3 is 11.4 Å². The molecule has 23 heteroatoms. The third-order valence-electron chi connectivity index (χ3n) is 14.0. The molecule has 0 amide bonds. The summed E-state index contributed by atoms with van der Waals surface area (Å²) in [6, 6.07) is -0.653. The lowest BCUT2D eigenvalue weighted by molar-refractivity contribution is -0.0567. The number of azide groups is 1. The molecular weight excluding hydrogens is 897 g/mol. The maximum Gasteiger partial charge on any atom is 0.333 e. The summed E-state index contributed by atoms with van der Waals surface area (Å²) in [5.74, 6) is 0. The van der Waals surface area contributed by atoms with E-state index < -0.39 is 91.7 Å². The van der Waals surface area contributed by atoms with E-state index in [9.17, 15) is 32.7 Å². The third kappa shape index (κ3) is 10.7. The number of aromatic nitrogens is 4. The van der Waals surface area contributed by atoms with Crippen LogP contribution in [0.15, 0.2) is 47.8 Å². The average Bonchev–Trinajstić information content (AvgIpc) is 3.82. The summed E-state index contributed by atoms with van der Waals surface area (Å²) in [6.07, 6.45) is 1.81. The lowest BCUT2D eigenvalue weighted by atomic mass is 9.89. The minimum absolute atomic E-state index is 0.0939. The molecule has 0 aliphatic carbocycles. The van der Waals surface area contributed by atoms with Gasteiger partial charge in [-0.3, -0.25) is 27.9 Å². The van der Waals surface area contributed by atoms with Crippen LogP contribution in [0.1, 0.15) is 110 Å². The van der Waals surface area contributed by atoms with Crippen molar-refractivity contribution in [3.8, 4) is 0 Å². The highest BCUT2D eigenvalue weighted by Crippen LogP contribution is 2.52. The summed E-state index contributed by atoms with van der Waals surface area (Å²) in [7, 11) is -9.52. The Morgan fingerprint density at radius 2 is 1.37 bits per heavy atom. The number of aliphatic hydroxyl groups excluding tert-OH is 1. The van der Waals surface area contributed by atoms with Gasteiger partial charge < -0.3 is 29.2 Å². The number of nitrogens with zero attached hydrogens (tertiary/aromatic N) is 7. The van der Waals surface area contributed by atoms with Crippen molar-refractivity contribution in [1.82, 2.24) is 18.3 Å². The Labute approximate surface area is 382 Å². The molecule has 65 heavy (non-hydrogen) atoms. The van der Waals surface area contributed by atoms with E-state index in [-0.39, 0.29) is 54.1 Å². The van der Waals surface area contributed by atoms with E-state index in [2.05, 4.69) is 43.9 Å². The normalized spacial score (nSPS) is 25.9. The smallest absolute Gasteiger partial charge is 0.333 e. The summed E-state index contributed by atoms with van der Waals surface area (Å²) in [5, 5.41) is 13.7. The van der Waals surface area contributed by atoms with Crippen molar-refractivity contribution in [3.05, 3.63) is 86.7 Å². The van der Waals surface area contributed by atoms with Crippen LogP contribution in [0.3, 0.4) is 0 Å². The first kappa shape index (κ1) is 52.3. The first-order chi connectivity index (χ1) is 30.0. The van der Waals surface area contributed by atoms with E-state index in [1.165, 1.54) is 30.7 Å². The van der Waals surface area contributed by atoms with Gasteiger partial charge in [-0.1, -0.05) is 72.3 Å². The van der Waals surface area contributed by atoms with E-state index in [0.717, 1.165) is 18.2 Å². The maximum atomic E-state index is 14.5. The number of aliphatic hydroxyl groups is 1. The van der Waals surface area contributed by atoms with E-state index in [1.807, 2.05) is 33.9 Å². The first-order valence-electron chi connectivity index (χ1n) is 22.4. The van der Waals surface area contributed by atoms with Crippen molar-refractivity contribution in [2.24, 2.45) is 10.8 Å².